The highest BCUT2D eigenvalue weighted by atomic mass is 16.3. The molecule has 0 saturated carbocycles. The first kappa shape index (κ1) is 15.8. The molecule has 7 heteroatoms. The molecule has 0 atom stereocenters. The van der Waals surface area contributed by atoms with Gasteiger partial charge in [0, 0.05) is 42.3 Å². The summed E-state index contributed by atoms with van der Waals surface area (Å²) in [5.74, 6) is 1.47. The molecule has 5 rings (SSSR count). The van der Waals surface area contributed by atoms with Crippen LogP contribution in [0.15, 0.2) is 61.1 Å². The number of nitrogens with zero attached hydrogens (tertiary/aromatic N) is 5. The number of pyridine rings is 1. The lowest BCUT2D eigenvalue weighted by molar-refractivity contribution is 0.141. The van der Waals surface area contributed by atoms with Crippen LogP contribution in [0, 0.1) is 0 Å². The van der Waals surface area contributed by atoms with Gasteiger partial charge in [-0.25, -0.2) is 15.0 Å². The third kappa shape index (κ3) is 2.78. The summed E-state index contributed by atoms with van der Waals surface area (Å²) in [6, 6.07) is 13.6. The molecule has 0 spiro atoms. The van der Waals surface area contributed by atoms with Crippen LogP contribution in [0.3, 0.4) is 0 Å². The SMILES string of the molecule is Nc1cccc(-c2cnc3cc(-c4nccc(N5CC(O)C5)n4)ccn23)c1. The molecule has 1 aliphatic heterocycles. The van der Waals surface area contributed by atoms with Gasteiger partial charge < -0.3 is 15.7 Å². The van der Waals surface area contributed by atoms with Crippen LogP contribution in [0.5, 0.6) is 0 Å². The number of benzene rings is 1. The fraction of sp³-hybridized carbons (Fsp3) is 0.150. The van der Waals surface area contributed by atoms with Crippen LogP contribution in [0.25, 0.3) is 28.3 Å². The van der Waals surface area contributed by atoms with Crippen LogP contribution in [-0.2, 0) is 0 Å². The highest BCUT2D eigenvalue weighted by Crippen LogP contribution is 2.26. The van der Waals surface area contributed by atoms with E-state index < -0.39 is 0 Å². The van der Waals surface area contributed by atoms with Crippen molar-refractivity contribution in [3.63, 3.8) is 0 Å². The van der Waals surface area contributed by atoms with Crippen molar-refractivity contribution < 1.29 is 5.11 Å². The van der Waals surface area contributed by atoms with Gasteiger partial charge in [-0.1, -0.05) is 12.1 Å². The first-order chi connectivity index (χ1) is 13.2. The van der Waals surface area contributed by atoms with Crippen molar-refractivity contribution in [2.75, 3.05) is 23.7 Å². The molecule has 0 radical (unpaired) electrons. The minimum Gasteiger partial charge on any atom is -0.399 e. The topological polar surface area (TPSA) is 92.6 Å². The second-order valence-corrected chi connectivity index (χ2v) is 6.71. The number of fused-ring (bicyclic) bond motifs is 1. The van der Waals surface area contributed by atoms with Crippen molar-refractivity contribution in [3.8, 4) is 22.6 Å². The summed E-state index contributed by atoms with van der Waals surface area (Å²) in [7, 11) is 0. The van der Waals surface area contributed by atoms with Crippen LogP contribution in [0.4, 0.5) is 11.5 Å². The third-order valence-corrected chi connectivity index (χ3v) is 4.78. The van der Waals surface area contributed by atoms with E-state index in [1.165, 1.54) is 0 Å². The molecule has 1 aliphatic rings. The number of hydrogen-bond acceptors (Lipinski definition) is 6. The number of anilines is 2. The molecule has 3 N–H and O–H groups in total. The van der Waals surface area contributed by atoms with Crippen LogP contribution in [0.2, 0.25) is 0 Å². The summed E-state index contributed by atoms with van der Waals surface area (Å²) in [6.07, 6.45) is 5.29. The molecule has 0 unspecified atom stereocenters. The number of nitrogen functional groups attached to an aromatic ring is 1. The Morgan fingerprint density at radius 3 is 2.74 bits per heavy atom. The van der Waals surface area contributed by atoms with Crippen LogP contribution < -0.4 is 10.6 Å². The predicted molar refractivity (Wildman–Crippen MR) is 104 cm³/mol. The van der Waals surface area contributed by atoms with Gasteiger partial charge in [-0.3, -0.25) is 4.40 Å². The average Bonchev–Trinajstić information content (AvgIpc) is 3.09. The van der Waals surface area contributed by atoms with E-state index in [0.29, 0.717) is 18.9 Å². The van der Waals surface area contributed by atoms with Crippen molar-refractivity contribution in [2.45, 2.75) is 6.10 Å². The first-order valence-electron chi connectivity index (χ1n) is 8.77. The normalized spacial score (nSPS) is 14.5. The number of aliphatic hydroxyl groups excluding tert-OH is 1. The van der Waals surface area contributed by atoms with E-state index in [-0.39, 0.29) is 6.10 Å². The second kappa shape index (κ2) is 6.07. The van der Waals surface area contributed by atoms with Gasteiger partial charge >= 0.3 is 0 Å². The summed E-state index contributed by atoms with van der Waals surface area (Å²) in [5, 5.41) is 9.49. The van der Waals surface area contributed by atoms with E-state index in [9.17, 15) is 5.11 Å². The average molecular weight is 358 g/mol. The lowest BCUT2D eigenvalue weighted by Crippen LogP contribution is -2.51. The Morgan fingerprint density at radius 2 is 1.93 bits per heavy atom. The molecule has 0 bridgehead atoms. The van der Waals surface area contributed by atoms with Gasteiger partial charge in [-0.2, -0.15) is 0 Å². The fourth-order valence-corrected chi connectivity index (χ4v) is 3.34. The molecule has 134 valence electrons. The maximum Gasteiger partial charge on any atom is 0.161 e. The maximum atomic E-state index is 9.49. The predicted octanol–water partition coefficient (Wildman–Crippen LogP) is 2.22. The lowest BCUT2D eigenvalue weighted by Gasteiger charge is -2.36. The Morgan fingerprint density at radius 1 is 1.04 bits per heavy atom. The molecule has 4 aromatic rings. The summed E-state index contributed by atoms with van der Waals surface area (Å²) < 4.78 is 2.02. The van der Waals surface area contributed by atoms with Crippen molar-refractivity contribution in [1.82, 2.24) is 19.4 Å². The summed E-state index contributed by atoms with van der Waals surface area (Å²) in [5.41, 5.74) is 10.3. The van der Waals surface area contributed by atoms with Gasteiger partial charge in [0.1, 0.15) is 11.5 Å². The van der Waals surface area contributed by atoms with E-state index in [2.05, 4.69) is 15.0 Å². The van der Waals surface area contributed by atoms with E-state index in [1.54, 1.807) is 6.20 Å². The summed E-state index contributed by atoms with van der Waals surface area (Å²) >= 11 is 0. The highest BCUT2D eigenvalue weighted by molar-refractivity contribution is 5.70. The van der Waals surface area contributed by atoms with Gasteiger partial charge in [0.2, 0.25) is 0 Å². The Kier molecular flexibility index (Phi) is 3.54. The smallest absolute Gasteiger partial charge is 0.161 e. The minimum absolute atomic E-state index is 0.268. The maximum absolute atomic E-state index is 9.49. The van der Waals surface area contributed by atoms with E-state index in [4.69, 9.17) is 5.73 Å². The zero-order valence-electron chi connectivity index (χ0n) is 14.5. The van der Waals surface area contributed by atoms with Gasteiger partial charge in [0.05, 0.1) is 18.0 Å². The van der Waals surface area contributed by atoms with Crippen LogP contribution in [0.1, 0.15) is 0 Å². The number of imidazole rings is 1. The molecule has 27 heavy (non-hydrogen) atoms. The Bertz CT molecular complexity index is 1130. The standard InChI is InChI=1S/C20H18N6O/c21-15-3-1-2-13(8-15)17-10-23-19-9-14(5-7-26(17)19)20-22-6-4-18(24-20)25-11-16(27)12-25/h1-10,16,27H,11-12,21H2. The Labute approximate surface area is 155 Å². The van der Waals surface area contributed by atoms with E-state index >= 15 is 0 Å². The quantitative estimate of drug-likeness (QED) is 0.546. The molecule has 0 amide bonds. The molecule has 7 nitrogen and oxygen atoms in total. The fourth-order valence-electron chi connectivity index (χ4n) is 3.34. The molecule has 4 heterocycles. The molecule has 0 aliphatic carbocycles. The zero-order chi connectivity index (χ0) is 18.4. The monoisotopic (exact) mass is 358 g/mol. The lowest BCUT2D eigenvalue weighted by atomic mass is 10.1. The van der Waals surface area contributed by atoms with Crippen molar-refractivity contribution in [2.24, 2.45) is 0 Å². The van der Waals surface area contributed by atoms with E-state index in [0.717, 1.165) is 34.0 Å². The number of hydrogen-bond donors (Lipinski definition) is 2. The molecule has 1 aromatic carbocycles. The zero-order valence-corrected chi connectivity index (χ0v) is 14.5. The number of aromatic nitrogens is 4. The van der Waals surface area contributed by atoms with Crippen molar-refractivity contribution in [3.05, 3.63) is 61.1 Å². The Balaban J connectivity index is 1.52. The van der Waals surface area contributed by atoms with Crippen molar-refractivity contribution in [1.29, 1.82) is 0 Å². The number of rotatable bonds is 3. The summed E-state index contributed by atoms with van der Waals surface area (Å²) in [4.78, 5) is 15.6. The second-order valence-electron chi connectivity index (χ2n) is 6.71. The number of β-amino-alcohol motifs (C(OH)–C–C–N with tert-alkyl or cyclic N) is 1. The van der Waals surface area contributed by atoms with E-state index in [1.807, 2.05) is 64.2 Å². The number of aliphatic hydroxyl groups is 1. The molecule has 3 aromatic heterocycles. The largest absolute Gasteiger partial charge is 0.399 e. The van der Waals surface area contributed by atoms with Gasteiger partial charge in [-0.15, -0.1) is 0 Å². The molecule has 1 fully saturated rings. The van der Waals surface area contributed by atoms with Gasteiger partial charge in [0.25, 0.3) is 0 Å². The Hall–Kier alpha value is -3.45. The van der Waals surface area contributed by atoms with Crippen LogP contribution in [-0.4, -0.2) is 43.7 Å². The van der Waals surface area contributed by atoms with Crippen LogP contribution >= 0.6 is 0 Å². The first-order valence-corrected chi connectivity index (χ1v) is 8.77. The minimum atomic E-state index is -0.268. The number of nitrogens with two attached hydrogens (primary N) is 1. The van der Waals surface area contributed by atoms with Gasteiger partial charge in [-0.05, 0) is 30.3 Å². The van der Waals surface area contributed by atoms with Crippen molar-refractivity contribution >= 4 is 17.2 Å². The highest BCUT2D eigenvalue weighted by Gasteiger charge is 2.25. The third-order valence-electron chi connectivity index (χ3n) is 4.78. The summed E-state index contributed by atoms with van der Waals surface area (Å²) in [6.45, 7) is 1.22. The molecular weight excluding hydrogens is 340 g/mol. The molecule has 1 saturated heterocycles. The van der Waals surface area contributed by atoms with Gasteiger partial charge in [0.15, 0.2) is 5.82 Å². The molecular formula is C20H18N6O.